The molecule has 4 heterocycles. The molecule has 1 amide bonds. The second kappa shape index (κ2) is 6.57. The number of hydrogen-bond donors (Lipinski definition) is 0. The molecular weight excluding hydrogens is 290 g/mol. The van der Waals surface area contributed by atoms with Crippen molar-refractivity contribution in [1.29, 1.82) is 0 Å². The molecule has 0 bridgehead atoms. The van der Waals surface area contributed by atoms with E-state index in [0.29, 0.717) is 31.0 Å². The normalized spacial score (nSPS) is 29.2. The quantitative estimate of drug-likeness (QED) is 0.848. The number of nitrogens with zero attached hydrogens (tertiary/aromatic N) is 3. The number of aromatic nitrogens is 1. The van der Waals surface area contributed by atoms with Crippen LogP contribution in [0.5, 0.6) is 0 Å². The fourth-order valence-electron chi connectivity index (χ4n) is 4.39. The van der Waals surface area contributed by atoms with Gasteiger partial charge >= 0.3 is 0 Å². The van der Waals surface area contributed by atoms with E-state index in [4.69, 9.17) is 4.74 Å². The summed E-state index contributed by atoms with van der Waals surface area (Å²) < 4.78 is 5.46. The largest absolute Gasteiger partial charge is 0.381 e. The van der Waals surface area contributed by atoms with Crippen LogP contribution in [-0.4, -0.2) is 59.1 Å². The van der Waals surface area contributed by atoms with E-state index in [1.54, 1.807) is 6.20 Å². The average Bonchev–Trinajstić information content (AvgIpc) is 3.10. The van der Waals surface area contributed by atoms with Crippen LogP contribution in [0.4, 0.5) is 0 Å². The lowest BCUT2D eigenvalue weighted by molar-refractivity contribution is -0.129. The van der Waals surface area contributed by atoms with Gasteiger partial charge in [-0.05, 0) is 36.8 Å². The summed E-state index contributed by atoms with van der Waals surface area (Å²) in [6, 6.07) is 4.81. The summed E-state index contributed by atoms with van der Waals surface area (Å²) in [5.41, 5.74) is 1.13. The van der Waals surface area contributed by atoms with Crippen molar-refractivity contribution < 1.29 is 9.53 Å². The van der Waals surface area contributed by atoms with E-state index in [2.05, 4.69) is 20.9 Å². The van der Waals surface area contributed by atoms with Gasteiger partial charge in [-0.2, -0.15) is 0 Å². The molecule has 3 fully saturated rings. The number of carbonyl (C=O) groups is 1. The Morgan fingerprint density at radius 2 is 2.09 bits per heavy atom. The average molecular weight is 315 g/mol. The highest BCUT2D eigenvalue weighted by molar-refractivity contribution is 5.80. The lowest BCUT2D eigenvalue weighted by Crippen LogP contribution is -2.39. The number of carbonyl (C=O) groups excluding carboxylic acids is 1. The number of amides is 1. The molecule has 0 saturated carbocycles. The third kappa shape index (κ3) is 3.12. The second-order valence-corrected chi connectivity index (χ2v) is 7.06. The zero-order valence-electron chi connectivity index (χ0n) is 13.6. The molecule has 0 aromatic carbocycles. The minimum absolute atomic E-state index is 0.306. The van der Waals surface area contributed by atoms with E-state index in [1.165, 1.54) is 12.8 Å². The van der Waals surface area contributed by atoms with Gasteiger partial charge in [-0.15, -0.1) is 0 Å². The number of pyridine rings is 1. The highest BCUT2D eigenvalue weighted by atomic mass is 16.5. The van der Waals surface area contributed by atoms with Gasteiger partial charge in [-0.25, -0.2) is 0 Å². The van der Waals surface area contributed by atoms with Crippen molar-refractivity contribution in [1.82, 2.24) is 14.8 Å². The Balaban J connectivity index is 1.40. The molecule has 23 heavy (non-hydrogen) atoms. The van der Waals surface area contributed by atoms with Crippen LogP contribution in [0.2, 0.25) is 0 Å². The Labute approximate surface area is 137 Å². The van der Waals surface area contributed by atoms with Crippen molar-refractivity contribution in [2.75, 3.05) is 26.3 Å². The monoisotopic (exact) mass is 315 g/mol. The number of fused-ring (bicyclic) bond motifs is 1. The van der Waals surface area contributed by atoms with Crippen molar-refractivity contribution in [3.63, 3.8) is 0 Å². The van der Waals surface area contributed by atoms with Crippen molar-refractivity contribution in [2.45, 2.75) is 44.3 Å². The Morgan fingerprint density at radius 1 is 1.22 bits per heavy atom. The summed E-state index contributed by atoms with van der Waals surface area (Å²) in [6.45, 7) is 4.78. The highest BCUT2D eigenvalue weighted by Crippen LogP contribution is 2.34. The zero-order valence-corrected chi connectivity index (χ0v) is 13.6. The third-order valence-electron chi connectivity index (χ3n) is 5.64. The van der Waals surface area contributed by atoms with E-state index in [1.807, 2.05) is 12.3 Å². The van der Waals surface area contributed by atoms with Crippen LogP contribution in [0, 0.1) is 5.92 Å². The maximum Gasteiger partial charge on any atom is 0.224 e. The predicted octanol–water partition coefficient (Wildman–Crippen LogP) is 1.68. The fourth-order valence-corrected chi connectivity index (χ4v) is 4.39. The van der Waals surface area contributed by atoms with Crippen LogP contribution in [0.25, 0.3) is 0 Å². The van der Waals surface area contributed by atoms with Crippen LogP contribution in [0.15, 0.2) is 24.5 Å². The molecule has 5 heteroatoms. The maximum atomic E-state index is 12.5. The SMILES string of the molecule is O=C1C[C@@H]2[C@H](CCN2CC2CCOCC2)N1Cc1cccnc1. The summed E-state index contributed by atoms with van der Waals surface area (Å²) in [4.78, 5) is 21.3. The molecular formula is C18H25N3O2. The lowest BCUT2D eigenvalue weighted by atomic mass is 9.99. The van der Waals surface area contributed by atoms with Crippen molar-refractivity contribution in [3.05, 3.63) is 30.1 Å². The molecule has 1 aromatic rings. The van der Waals surface area contributed by atoms with Gasteiger partial charge in [0, 0.05) is 63.7 Å². The molecule has 2 atom stereocenters. The molecule has 124 valence electrons. The third-order valence-corrected chi connectivity index (χ3v) is 5.64. The molecule has 0 radical (unpaired) electrons. The van der Waals surface area contributed by atoms with Crippen LogP contribution < -0.4 is 0 Å². The van der Waals surface area contributed by atoms with E-state index in [-0.39, 0.29) is 0 Å². The van der Waals surface area contributed by atoms with Crippen LogP contribution in [0.3, 0.4) is 0 Å². The fraction of sp³-hybridized carbons (Fsp3) is 0.667. The van der Waals surface area contributed by atoms with Gasteiger partial charge in [-0.3, -0.25) is 14.7 Å². The Kier molecular flexibility index (Phi) is 4.31. The van der Waals surface area contributed by atoms with Gasteiger partial charge in [0.1, 0.15) is 0 Å². The maximum absolute atomic E-state index is 12.5. The van der Waals surface area contributed by atoms with Gasteiger partial charge < -0.3 is 9.64 Å². The summed E-state index contributed by atoms with van der Waals surface area (Å²) in [5.74, 6) is 1.05. The minimum atomic E-state index is 0.306. The molecule has 0 unspecified atom stereocenters. The van der Waals surface area contributed by atoms with E-state index < -0.39 is 0 Å². The van der Waals surface area contributed by atoms with Crippen molar-refractivity contribution >= 4 is 5.91 Å². The summed E-state index contributed by atoms with van der Waals surface area (Å²) >= 11 is 0. The zero-order chi connectivity index (χ0) is 15.6. The minimum Gasteiger partial charge on any atom is -0.381 e. The van der Waals surface area contributed by atoms with E-state index in [0.717, 1.165) is 44.2 Å². The van der Waals surface area contributed by atoms with E-state index in [9.17, 15) is 4.79 Å². The molecule has 4 rings (SSSR count). The molecule has 1 aromatic heterocycles. The molecule has 5 nitrogen and oxygen atoms in total. The number of likely N-dealkylation sites (tertiary alicyclic amines) is 2. The first-order chi connectivity index (χ1) is 11.3. The van der Waals surface area contributed by atoms with Crippen molar-refractivity contribution in [3.8, 4) is 0 Å². The predicted molar refractivity (Wildman–Crippen MR) is 86.7 cm³/mol. The van der Waals surface area contributed by atoms with Crippen LogP contribution in [0.1, 0.15) is 31.2 Å². The van der Waals surface area contributed by atoms with Gasteiger partial charge in [0.05, 0.1) is 0 Å². The van der Waals surface area contributed by atoms with Crippen molar-refractivity contribution in [2.24, 2.45) is 5.92 Å². The molecule has 3 aliphatic rings. The van der Waals surface area contributed by atoms with E-state index >= 15 is 0 Å². The molecule has 0 aliphatic carbocycles. The number of hydrogen-bond acceptors (Lipinski definition) is 4. The lowest BCUT2D eigenvalue weighted by Gasteiger charge is -2.30. The Hall–Kier alpha value is -1.46. The molecule has 3 aliphatic heterocycles. The standard InChI is InChI=1S/C18H25N3O2/c22-18-10-17-16(21(18)13-15-2-1-6-19-11-15)3-7-20(17)12-14-4-8-23-9-5-14/h1-2,6,11,14,16-17H,3-5,7-10,12-13H2/t16-,17+/m0/s1. The number of ether oxygens (including phenoxy) is 1. The van der Waals surface area contributed by atoms with Gasteiger partial charge in [0.2, 0.25) is 5.91 Å². The summed E-state index contributed by atoms with van der Waals surface area (Å²) in [5, 5.41) is 0. The van der Waals surface area contributed by atoms with Crippen LogP contribution in [-0.2, 0) is 16.1 Å². The summed E-state index contributed by atoms with van der Waals surface area (Å²) in [7, 11) is 0. The first kappa shape index (κ1) is 15.1. The topological polar surface area (TPSA) is 45.7 Å². The molecule has 0 N–H and O–H groups in total. The summed E-state index contributed by atoms with van der Waals surface area (Å²) in [6.07, 6.45) is 7.79. The van der Waals surface area contributed by atoms with Gasteiger partial charge in [-0.1, -0.05) is 6.07 Å². The van der Waals surface area contributed by atoms with Gasteiger partial charge in [0.15, 0.2) is 0 Å². The number of rotatable bonds is 4. The first-order valence-electron chi connectivity index (χ1n) is 8.81. The highest BCUT2D eigenvalue weighted by Gasteiger charge is 2.46. The Morgan fingerprint density at radius 3 is 2.87 bits per heavy atom. The van der Waals surface area contributed by atoms with Crippen LogP contribution >= 0.6 is 0 Å². The molecule has 0 spiro atoms. The van der Waals surface area contributed by atoms with Gasteiger partial charge in [0.25, 0.3) is 0 Å². The second-order valence-electron chi connectivity index (χ2n) is 7.06. The molecule has 3 saturated heterocycles. The Bertz CT molecular complexity index is 544. The smallest absolute Gasteiger partial charge is 0.224 e. The first-order valence-corrected chi connectivity index (χ1v) is 8.81.